The Morgan fingerprint density at radius 2 is 1.29 bits per heavy atom. The first-order chi connectivity index (χ1) is 6.63. The minimum atomic E-state index is -1.26. The predicted molar refractivity (Wildman–Crippen MR) is 52.0 cm³/mol. The zero-order valence-electron chi connectivity index (χ0n) is 7.85. The van der Waals surface area contributed by atoms with Crippen molar-refractivity contribution in [2.75, 3.05) is 0 Å². The van der Waals surface area contributed by atoms with Crippen molar-refractivity contribution in [2.45, 2.75) is 25.7 Å². The molecule has 0 bridgehead atoms. The fourth-order valence-corrected chi connectivity index (χ4v) is 0.903. The number of hydrogen-bond acceptors (Lipinski definition) is 2. The van der Waals surface area contributed by atoms with Crippen molar-refractivity contribution in [1.82, 2.24) is 0 Å². The van der Waals surface area contributed by atoms with E-state index in [-0.39, 0.29) is 0 Å². The Morgan fingerprint density at radius 1 is 0.929 bits per heavy atom. The molecule has 0 amide bonds. The molecule has 1 aliphatic rings. The van der Waals surface area contributed by atoms with Gasteiger partial charge in [0.25, 0.3) is 0 Å². The maximum Gasteiger partial charge on any atom is 0.328 e. The van der Waals surface area contributed by atoms with Crippen LogP contribution in [0.1, 0.15) is 25.7 Å². The second kappa shape index (κ2) is 8.04. The molecule has 14 heavy (non-hydrogen) atoms. The molecule has 0 unspecified atom stereocenters. The molecular weight excluding hydrogens is 184 g/mol. The lowest BCUT2D eigenvalue weighted by molar-refractivity contribution is -0.134. The van der Waals surface area contributed by atoms with Gasteiger partial charge in [-0.3, -0.25) is 0 Å². The van der Waals surface area contributed by atoms with Crippen LogP contribution in [-0.4, -0.2) is 22.2 Å². The molecule has 0 spiro atoms. The van der Waals surface area contributed by atoms with Crippen molar-refractivity contribution in [3.63, 3.8) is 0 Å². The van der Waals surface area contributed by atoms with Gasteiger partial charge in [-0.05, 0) is 25.7 Å². The monoisotopic (exact) mass is 198 g/mol. The summed E-state index contributed by atoms with van der Waals surface area (Å²) in [5.74, 6) is -2.51. The van der Waals surface area contributed by atoms with Gasteiger partial charge in [0.1, 0.15) is 0 Å². The Hall–Kier alpha value is -1.58. The fraction of sp³-hybridized carbons (Fsp3) is 0.400. The predicted octanol–water partition coefficient (Wildman–Crippen LogP) is 1.83. The number of aliphatic carboxylic acids is 2. The van der Waals surface area contributed by atoms with Crippen LogP contribution in [0.5, 0.6) is 0 Å². The maximum atomic E-state index is 9.55. The van der Waals surface area contributed by atoms with Gasteiger partial charge in [-0.2, -0.15) is 0 Å². The van der Waals surface area contributed by atoms with E-state index in [4.69, 9.17) is 10.2 Å². The summed E-state index contributed by atoms with van der Waals surface area (Å²) in [6.07, 6.45) is 11.1. The third-order valence-corrected chi connectivity index (χ3v) is 1.53. The summed E-state index contributed by atoms with van der Waals surface area (Å²) >= 11 is 0. The Labute approximate surface area is 82.6 Å². The molecule has 1 rings (SSSR count). The standard InChI is InChI=1S/C6H10.C4H4O4/c1-2-4-6-5-3-1;5-3(6)1-2-4(7)8/h1-2H,3-6H2;1-2H,(H,5,6)(H,7,8)/b;2-1+. The Balaban J connectivity index is 0.000000249. The van der Waals surface area contributed by atoms with Crippen LogP contribution >= 0.6 is 0 Å². The third kappa shape index (κ3) is 10.4. The van der Waals surface area contributed by atoms with Gasteiger partial charge in [-0.25, -0.2) is 9.59 Å². The van der Waals surface area contributed by atoms with Crippen molar-refractivity contribution in [2.24, 2.45) is 0 Å². The van der Waals surface area contributed by atoms with Crippen molar-refractivity contribution >= 4 is 11.9 Å². The first kappa shape index (κ1) is 12.4. The van der Waals surface area contributed by atoms with Crippen LogP contribution in [0.4, 0.5) is 0 Å². The zero-order chi connectivity index (χ0) is 10.8. The molecular formula is C10H14O4. The van der Waals surface area contributed by atoms with E-state index >= 15 is 0 Å². The molecule has 0 radical (unpaired) electrons. The zero-order valence-corrected chi connectivity index (χ0v) is 7.85. The number of carboxylic acid groups (broad SMARTS) is 2. The van der Waals surface area contributed by atoms with E-state index in [0.29, 0.717) is 12.2 Å². The van der Waals surface area contributed by atoms with Crippen LogP contribution in [0.15, 0.2) is 24.3 Å². The second-order valence-electron chi connectivity index (χ2n) is 2.77. The minimum Gasteiger partial charge on any atom is -0.478 e. The fourth-order valence-electron chi connectivity index (χ4n) is 0.903. The quantitative estimate of drug-likeness (QED) is 0.524. The highest BCUT2D eigenvalue weighted by Crippen LogP contribution is 2.07. The number of rotatable bonds is 2. The summed E-state index contributed by atoms with van der Waals surface area (Å²) in [6.45, 7) is 0. The van der Waals surface area contributed by atoms with Crippen molar-refractivity contribution in [3.05, 3.63) is 24.3 Å². The van der Waals surface area contributed by atoms with Crippen LogP contribution in [0, 0.1) is 0 Å². The second-order valence-corrected chi connectivity index (χ2v) is 2.77. The van der Waals surface area contributed by atoms with E-state index in [2.05, 4.69) is 12.2 Å². The first-order valence-electron chi connectivity index (χ1n) is 4.42. The van der Waals surface area contributed by atoms with E-state index in [9.17, 15) is 9.59 Å². The normalized spacial score (nSPS) is 14.6. The van der Waals surface area contributed by atoms with E-state index in [1.54, 1.807) is 0 Å². The number of allylic oxidation sites excluding steroid dienone is 2. The average Bonchev–Trinajstić information content (AvgIpc) is 2.18. The highest BCUT2D eigenvalue weighted by atomic mass is 16.4. The van der Waals surface area contributed by atoms with Crippen LogP contribution in [-0.2, 0) is 9.59 Å². The lowest BCUT2D eigenvalue weighted by atomic mass is 10.1. The first-order valence-corrected chi connectivity index (χ1v) is 4.42. The molecule has 4 heteroatoms. The smallest absolute Gasteiger partial charge is 0.328 e. The topological polar surface area (TPSA) is 74.6 Å². The van der Waals surface area contributed by atoms with Gasteiger partial charge in [-0.1, -0.05) is 12.2 Å². The van der Waals surface area contributed by atoms with Gasteiger partial charge < -0.3 is 10.2 Å². The summed E-state index contributed by atoms with van der Waals surface area (Å²) in [4.78, 5) is 19.1. The number of hydrogen-bond donors (Lipinski definition) is 2. The molecule has 4 nitrogen and oxygen atoms in total. The summed E-state index contributed by atoms with van der Waals surface area (Å²) in [6, 6.07) is 0. The van der Waals surface area contributed by atoms with Crippen LogP contribution in [0.2, 0.25) is 0 Å². The average molecular weight is 198 g/mol. The summed E-state index contributed by atoms with van der Waals surface area (Å²) in [5.41, 5.74) is 0. The van der Waals surface area contributed by atoms with Gasteiger partial charge >= 0.3 is 11.9 Å². The summed E-state index contributed by atoms with van der Waals surface area (Å²) < 4.78 is 0. The number of carboxylic acids is 2. The molecule has 0 aliphatic heterocycles. The third-order valence-electron chi connectivity index (χ3n) is 1.53. The summed E-state index contributed by atoms with van der Waals surface area (Å²) in [7, 11) is 0. The van der Waals surface area contributed by atoms with Crippen molar-refractivity contribution < 1.29 is 19.8 Å². The van der Waals surface area contributed by atoms with Gasteiger partial charge in [0.15, 0.2) is 0 Å². The van der Waals surface area contributed by atoms with E-state index < -0.39 is 11.9 Å². The van der Waals surface area contributed by atoms with Crippen LogP contribution in [0.25, 0.3) is 0 Å². The molecule has 0 aromatic carbocycles. The van der Waals surface area contributed by atoms with E-state index in [1.165, 1.54) is 25.7 Å². The highest BCUT2D eigenvalue weighted by molar-refractivity contribution is 5.89. The van der Waals surface area contributed by atoms with Gasteiger partial charge in [-0.15, -0.1) is 0 Å². The highest BCUT2D eigenvalue weighted by Gasteiger charge is 1.88. The molecule has 2 N–H and O–H groups in total. The molecule has 0 saturated carbocycles. The Morgan fingerprint density at radius 3 is 1.43 bits per heavy atom. The molecule has 78 valence electrons. The van der Waals surface area contributed by atoms with Crippen molar-refractivity contribution in [1.29, 1.82) is 0 Å². The lowest BCUT2D eigenvalue weighted by Gasteiger charge is -1.97. The Kier molecular flexibility index (Phi) is 7.13. The molecule has 0 aromatic rings. The largest absolute Gasteiger partial charge is 0.478 e. The van der Waals surface area contributed by atoms with Crippen LogP contribution in [0.3, 0.4) is 0 Å². The SMILES string of the molecule is C1=CCCCC1.O=C(O)/C=C/C(=O)O. The molecule has 0 aromatic heterocycles. The minimum absolute atomic E-state index is 0.558. The van der Waals surface area contributed by atoms with Gasteiger partial charge in [0.2, 0.25) is 0 Å². The summed E-state index contributed by atoms with van der Waals surface area (Å²) in [5, 5.41) is 15.6. The molecule has 0 saturated heterocycles. The molecule has 0 fully saturated rings. The van der Waals surface area contributed by atoms with Gasteiger partial charge in [0, 0.05) is 12.2 Å². The lowest BCUT2D eigenvalue weighted by Crippen LogP contribution is -1.91. The van der Waals surface area contributed by atoms with Crippen LogP contribution < -0.4 is 0 Å². The number of carbonyl (C=O) groups is 2. The van der Waals surface area contributed by atoms with E-state index in [1.807, 2.05) is 0 Å². The van der Waals surface area contributed by atoms with E-state index in [0.717, 1.165) is 0 Å². The molecule has 0 heterocycles. The van der Waals surface area contributed by atoms with Gasteiger partial charge in [0.05, 0.1) is 0 Å². The van der Waals surface area contributed by atoms with Crippen molar-refractivity contribution in [3.8, 4) is 0 Å². The molecule has 1 aliphatic carbocycles. The maximum absolute atomic E-state index is 9.55. The Bertz CT molecular complexity index is 217. The molecule has 0 atom stereocenters.